The highest BCUT2D eigenvalue weighted by Gasteiger charge is 2.17. The number of ether oxygens (including phenoxy) is 1. The fraction of sp³-hybridized carbons (Fsp3) is 0.257. The second-order valence-corrected chi connectivity index (χ2v) is 10.4. The van der Waals surface area contributed by atoms with Crippen LogP contribution in [0.2, 0.25) is 0 Å². The molecule has 0 radical (unpaired) electrons. The first-order valence-corrected chi connectivity index (χ1v) is 14.2. The Hall–Kier alpha value is -4.78. The van der Waals surface area contributed by atoms with Crippen LogP contribution in [0.3, 0.4) is 0 Å². The minimum absolute atomic E-state index is 0.0773. The molecule has 4 rings (SSSR count). The van der Waals surface area contributed by atoms with Crippen molar-refractivity contribution in [2.75, 3.05) is 18.9 Å². The summed E-state index contributed by atoms with van der Waals surface area (Å²) in [6, 6.07) is 18.4. The van der Waals surface area contributed by atoms with Gasteiger partial charge in [0.2, 0.25) is 0 Å². The number of allylic oxidation sites excluding steroid dienone is 4. The third-order valence-electron chi connectivity index (χ3n) is 7.09. The number of aryl methyl sites for hydroxylation is 2. The van der Waals surface area contributed by atoms with Crippen LogP contribution in [0.25, 0.3) is 22.3 Å². The van der Waals surface area contributed by atoms with Crippen LogP contribution in [0.1, 0.15) is 65.5 Å². The summed E-state index contributed by atoms with van der Waals surface area (Å²) in [5.74, 6) is 1.42. The molecule has 4 aromatic rings. The summed E-state index contributed by atoms with van der Waals surface area (Å²) in [7, 11) is 1.79. The smallest absolute Gasteiger partial charge is 0.256 e. The fourth-order valence-corrected chi connectivity index (χ4v) is 4.74. The highest BCUT2D eigenvalue weighted by molar-refractivity contribution is 6.13. The fourth-order valence-electron chi connectivity index (χ4n) is 4.74. The van der Waals surface area contributed by atoms with E-state index >= 15 is 0 Å². The van der Waals surface area contributed by atoms with E-state index in [4.69, 9.17) is 9.72 Å². The van der Waals surface area contributed by atoms with E-state index in [2.05, 4.69) is 16.4 Å². The van der Waals surface area contributed by atoms with Crippen molar-refractivity contribution >= 4 is 28.4 Å². The van der Waals surface area contributed by atoms with Crippen molar-refractivity contribution in [2.24, 2.45) is 0 Å². The van der Waals surface area contributed by atoms with E-state index in [0.717, 1.165) is 46.4 Å². The molecule has 7 heteroatoms. The van der Waals surface area contributed by atoms with Gasteiger partial charge in [0.15, 0.2) is 0 Å². The third-order valence-corrected chi connectivity index (χ3v) is 7.09. The second-order valence-electron chi connectivity index (χ2n) is 10.4. The van der Waals surface area contributed by atoms with Crippen LogP contribution in [-0.4, -0.2) is 40.3 Å². The van der Waals surface area contributed by atoms with Crippen LogP contribution in [0, 0.1) is 13.8 Å². The van der Waals surface area contributed by atoms with Crippen molar-refractivity contribution in [3.8, 4) is 11.4 Å². The number of fused-ring (bicyclic) bond motifs is 1. The SMILES string of the molecule is CC=C(CCCN(C)C(=O)c1ccc(NC(=O)c2cc(-c3ccccn3)nc3c(C)cc(C)cc23)cc1)O/C(C)=C\C. The Balaban J connectivity index is 1.47. The molecular formula is C35H38N4O3. The van der Waals surface area contributed by atoms with Gasteiger partial charge in [-0.05, 0) is 107 Å². The van der Waals surface area contributed by atoms with Gasteiger partial charge in [0.1, 0.15) is 0 Å². The lowest BCUT2D eigenvalue weighted by Crippen LogP contribution is -2.27. The van der Waals surface area contributed by atoms with Gasteiger partial charge in [-0.15, -0.1) is 0 Å². The molecule has 0 atom stereocenters. The van der Waals surface area contributed by atoms with E-state index < -0.39 is 0 Å². The van der Waals surface area contributed by atoms with Gasteiger partial charge in [0, 0.05) is 42.8 Å². The van der Waals surface area contributed by atoms with Gasteiger partial charge in [0.25, 0.3) is 11.8 Å². The summed E-state index contributed by atoms with van der Waals surface area (Å²) < 4.78 is 5.79. The summed E-state index contributed by atoms with van der Waals surface area (Å²) >= 11 is 0. The van der Waals surface area contributed by atoms with E-state index in [1.807, 2.05) is 71.0 Å². The zero-order chi connectivity index (χ0) is 30.2. The molecule has 0 aliphatic carbocycles. The van der Waals surface area contributed by atoms with Crippen molar-refractivity contribution in [2.45, 2.75) is 47.5 Å². The molecule has 0 unspecified atom stereocenters. The molecule has 2 aromatic heterocycles. The van der Waals surface area contributed by atoms with Crippen LogP contribution >= 0.6 is 0 Å². The number of carbonyl (C=O) groups excluding carboxylic acids is 2. The van der Waals surface area contributed by atoms with Crippen LogP contribution in [0.4, 0.5) is 5.69 Å². The van der Waals surface area contributed by atoms with Gasteiger partial charge in [0.05, 0.1) is 34.0 Å². The summed E-state index contributed by atoms with van der Waals surface area (Å²) in [6.07, 6.45) is 7.12. The summed E-state index contributed by atoms with van der Waals surface area (Å²) in [5, 5.41) is 3.78. The van der Waals surface area contributed by atoms with Gasteiger partial charge in [-0.25, -0.2) is 4.98 Å². The Morgan fingerprint density at radius 1 is 0.976 bits per heavy atom. The topological polar surface area (TPSA) is 84.4 Å². The van der Waals surface area contributed by atoms with Gasteiger partial charge in [-0.1, -0.05) is 17.7 Å². The van der Waals surface area contributed by atoms with Crippen molar-refractivity contribution in [3.05, 3.63) is 113 Å². The maximum absolute atomic E-state index is 13.6. The molecule has 0 saturated heterocycles. The van der Waals surface area contributed by atoms with Crippen LogP contribution in [0.5, 0.6) is 0 Å². The maximum Gasteiger partial charge on any atom is 0.256 e. The first kappa shape index (κ1) is 30.2. The molecule has 1 N–H and O–H groups in total. The number of nitrogens with one attached hydrogen (secondary N) is 1. The number of benzene rings is 2. The lowest BCUT2D eigenvalue weighted by molar-refractivity contribution is 0.0791. The Morgan fingerprint density at radius 2 is 1.74 bits per heavy atom. The molecule has 2 aromatic carbocycles. The third kappa shape index (κ3) is 7.29. The lowest BCUT2D eigenvalue weighted by atomic mass is 10.00. The Bertz CT molecular complexity index is 1640. The Labute approximate surface area is 248 Å². The second kappa shape index (κ2) is 13.7. The number of amides is 2. The first-order chi connectivity index (χ1) is 20.2. The van der Waals surface area contributed by atoms with Crippen LogP contribution in [0.15, 0.2) is 90.5 Å². The number of rotatable bonds is 10. The van der Waals surface area contributed by atoms with E-state index in [0.29, 0.717) is 34.7 Å². The number of hydrogen-bond donors (Lipinski definition) is 1. The average molecular weight is 563 g/mol. The molecule has 0 bridgehead atoms. The number of aromatic nitrogens is 2. The average Bonchev–Trinajstić information content (AvgIpc) is 3.00. The number of hydrogen-bond acceptors (Lipinski definition) is 5. The zero-order valence-corrected chi connectivity index (χ0v) is 25.2. The Morgan fingerprint density at radius 3 is 2.40 bits per heavy atom. The lowest BCUT2D eigenvalue weighted by Gasteiger charge is -2.18. The molecule has 2 amide bonds. The van der Waals surface area contributed by atoms with Gasteiger partial charge >= 0.3 is 0 Å². The normalized spacial score (nSPS) is 11.9. The summed E-state index contributed by atoms with van der Waals surface area (Å²) in [5.41, 5.74) is 5.81. The van der Waals surface area contributed by atoms with Gasteiger partial charge in [-0.2, -0.15) is 0 Å². The summed E-state index contributed by atoms with van der Waals surface area (Å²) in [4.78, 5) is 37.6. The highest BCUT2D eigenvalue weighted by Crippen LogP contribution is 2.28. The first-order valence-electron chi connectivity index (χ1n) is 14.2. The quantitative estimate of drug-likeness (QED) is 0.199. The molecule has 216 valence electrons. The number of carbonyl (C=O) groups is 2. The molecule has 7 nitrogen and oxygen atoms in total. The number of nitrogens with zero attached hydrogens (tertiary/aromatic N) is 3. The molecular weight excluding hydrogens is 524 g/mol. The molecule has 0 spiro atoms. The van der Waals surface area contributed by atoms with Crippen molar-refractivity contribution in [3.63, 3.8) is 0 Å². The van der Waals surface area contributed by atoms with E-state index in [-0.39, 0.29) is 11.8 Å². The van der Waals surface area contributed by atoms with Gasteiger partial charge < -0.3 is 15.0 Å². The molecule has 0 aliphatic heterocycles. The number of pyridine rings is 2. The van der Waals surface area contributed by atoms with E-state index in [9.17, 15) is 9.59 Å². The summed E-state index contributed by atoms with van der Waals surface area (Å²) in [6.45, 7) is 10.4. The van der Waals surface area contributed by atoms with E-state index in [1.54, 1.807) is 48.5 Å². The Kier molecular flexibility index (Phi) is 9.86. The van der Waals surface area contributed by atoms with Gasteiger partial charge in [-0.3, -0.25) is 14.6 Å². The molecule has 0 saturated carbocycles. The molecule has 42 heavy (non-hydrogen) atoms. The van der Waals surface area contributed by atoms with Crippen molar-refractivity contribution < 1.29 is 14.3 Å². The van der Waals surface area contributed by atoms with Crippen LogP contribution < -0.4 is 5.32 Å². The predicted molar refractivity (Wildman–Crippen MR) is 169 cm³/mol. The monoisotopic (exact) mass is 562 g/mol. The highest BCUT2D eigenvalue weighted by atomic mass is 16.5. The number of anilines is 1. The van der Waals surface area contributed by atoms with Crippen LogP contribution in [-0.2, 0) is 4.74 Å². The van der Waals surface area contributed by atoms with Crippen molar-refractivity contribution in [1.82, 2.24) is 14.9 Å². The maximum atomic E-state index is 13.6. The standard InChI is InChI=1S/C35H38N4O3/c1-7-25(5)42-28(8-2)12-11-19-39(6)35(41)26-14-16-27(17-15-26)37-34(40)30-22-32(31-13-9-10-18-36-31)38-33-24(4)20-23(3)21-29(30)33/h7-10,13-18,20-22H,11-12,19H2,1-6H3,(H,37,40)/b25-7-,28-8?. The molecule has 2 heterocycles. The molecule has 0 fully saturated rings. The van der Waals surface area contributed by atoms with E-state index in [1.165, 1.54) is 0 Å². The minimum atomic E-state index is -0.254. The molecule has 0 aliphatic rings. The minimum Gasteiger partial charge on any atom is -0.467 e. The largest absolute Gasteiger partial charge is 0.467 e. The zero-order valence-electron chi connectivity index (χ0n) is 25.2. The predicted octanol–water partition coefficient (Wildman–Crippen LogP) is 7.86. The van der Waals surface area contributed by atoms with Crippen molar-refractivity contribution in [1.29, 1.82) is 0 Å².